The maximum atomic E-state index is 6.32. The summed E-state index contributed by atoms with van der Waals surface area (Å²) in [5.41, 5.74) is 7.32. The molecular weight excluding hydrogens is 390 g/mol. The molecule has 3 aromatic rings. The van der Waals surface area contributed by atoms with Crippen molar-refractivity contribution < 1.29 is 4.74 Å². The van der Waals surface area contributed by atoms with Crippen molar-refractivity contribution in [2.24, 2.45) is 0 Å². The lowest BCUT2D eigenvalue weighted by Crippen LogP contribution is -2.19. The summed E-state index contributed by atoms with van der Waals surface area (Å²) in [5, 5.41) is 0.756. The lowest BCUT2D eigenvalue weighted by molar-refractivity contribution is 0.261. The molecule has 3 aromatic carbocycles. The molecule has 0 aliphatic heterocycles. The van der Waals surface area contributed by atoms with Crippen LogP contribution in [0.3, 0.4) is 0 Å². The zero-order valence-corrected chi connectivity index (χ0v) is 19.0. The van der Waals surface area contributed by atoms with E-state index in [1.165, 1.54) is 27.8 Å². The topological polar surface area (TPSA) is 12.5 Å². The number of aryl methyl sites for hydroxylation is 1. The first-order valence-corrected chi connectivity index (χ1v) is 10.8. The van der Waals surface area contributed by atoms with Crippen LogP contribution in [0.4, 0.5) is 0 Å². The first-order valence-electron chi connectivity index (χ1n) is 10.4. The van der Waals surface area contributed by atoms with Crippen LogP contribution in [0, 0.1) is 6.92 Å². The van der Waals surface area contributed by atoms with Gasteiger partial charge in [0.05, 0.1) is 0 Å². The van der Waals surface area contributed by atoms with Crippen molar-refractivity contribution in [2.75, 3.05) is 27.2 Å². The summed E-state index contributed by atoms with van der Waals surface area (Å²) < 4.78 is 5.89. The van der Waals surface area contributed by atoms with Gasteiger partial charge in [-0.05, 0) is 79.5 Å². The quantitative estimate of drug-likeness (QED) is 0.366. The van der Waals surface area contributed by atoms with Gasteiger partial charge in [-0.2, -0.15) is 0 Å². The van der Waals surface area contributed by atoms with Gasteiger partial charge in [0.25, 0.3) is 0 Å². The molecular formula is C27H30ClNO. The monoisotopic (exact) mass is 419 g/mol. The largest absolute Gasteiger partial charge is 0.492 e. The highest BCUT2D eigenvalue weighted by Crippen LogP contribution is 2.36. The molecule has 30 heavy (non-hydrogen) atoms. The molecule has 0 aliphatic carbocycles. The number of rotatable bonds is 8. The predicted molar refractivity (Wildman–Crippen MR) is 129 cm³/mol. The highest BCUT2D eigenvalue weighted by Gasteiger charge is 2.14. The lowest BCUT2D eigenvalue weighted by atomic mass is 9.87. The Hall–Kier alpha value is -2.55. The second-order valence-corrected chi connectivity index (χ2v) is 8.20. The van der Waals surface area contributed by atoms with Crippen molar-refractivity contribution in [3.8, 4) is 5.75 Å². The summed E-state index contributed by atoms with van der Waals surface area (Å²) in [6.45, 7) is 5.90. The van der Waals surface area contributed by atoms with E-state index in [1.807, 2.05) is 26.2 Å². The van der Waals surface area contributed by atoms with Crippen LogP contribution < -0.4 is 4.74 Å². The Morgan fingerprint density at radius 2 is 1.57 bits per heavy atom. The predicted octanol–water partition coefficient (Wildman–Crippen LogP) is 6.96. The number of benzene rings is 3. The van der Waals surface area contributed by atoms with Crippen molar-refractivity contribution in [1.82, 2.24) is 4.90 Å². The fourth-order valence-corrected chi connectivity index (χ4v) is 3.77. The van der Waals surface area contributed by atoms with Crippen LogP contribution in [0.1, 0.15) is 35.6 Å². The minimum Gasteiger partial charge on any atom is -0.492 e. The molecule has 156 valence electrons. The van der Waals surface area contributed by atoms with Crippen LogP contribution in [0.25, 0.3) is 11.1 Å². The number of halogens is 1. The number of likely N-dealkylation sites (N-methyl/N-ethyl adjacent to an activating group) is 1. The molecule has 0 amide bonds. The van der Waals surface area contributed by atoms with Gasteiger partial charge in [0.2, 0.25) is 0 Å². The maximum absolute atomic E-state index is 6.32. The van der Waals surface area contributed by atoms with Crippen molar-refractivity contribution in [3.63, 3.8) is 0 Å². The number of ether oxygens (including phenoxy) is 1. The van der Waals surface area contributed by atoms with E-state index in [4.69, 9.17) is 16.3 Å². The first kappa shape index (κ1) is 22.1. The van der Waals surface area contributed by atoms with Crippen molar-refractivity contribution in [3.05, 3.63) is 100 Å². The standard InChI is InChI=1S/C27H30ClNO/c1-5-26(22-9-7-11-24(28)19-22)27(23-10-6-8-20(2)18-23)21-12-14-25(15-13-21)30-17-16-29(3)4/h6-15,18-19H,5,16-17H2,1-4H3/b27-26+. The highest BCUT2D eigenvalue weighted by atomic mass is 35.5. The van der Waals surface area contributed by atoms with Crippen LogP contribution in [-0.4, -0.2) is 32.1 Å². The molecule has 0 bridgehead atoms. The van der Waals surface area contributed by atoms with Crippen LogP contribution in [0.2, 0.25) is 5.02 Å². The Morgan fingerprint density at radius 3 is 2.20 bits per heavy atom. The molecule has 0 heterocycles. The molecule has 3 rings (SSSR count). The van der Waals surface area contributed by atoms with Gasteiger partial charge < -0.3 is 9.64 Å². The van der Waals surface area contributed by atoms with E-state index in [0.717, 1.165) is 29.3 Å². The van der Waals surface area contributed by atoms with Gasteiger partial charge in [0, 0.05) is 11.6 Å². The average Bonchev–Trinajstić information content (AvgIpc) is 2.72. The van der Waals surface area contributed by atoms with E-state index in [9.17, 15) is 0 Å². The summed E-state index contributed by atoms with van der Waals surface area (Å²) >= 11 is 6.32. The van der Waals surface area contributed by atoms with Crippen molar-refractivity contribution >= 4 is 22.7 Å². The SMILES string of the molecule is CC/C(=C(/c1ccc(OCCN(C)C)cc1)c1cccc(C)c1)c1cccc(Cl)c1. The molecule has 0 radical (unpaired) electrons. The maximum Gasteiger partial charge on any atom is 0.119 e. The fraction of sp³-hybridized carbons (Fsp3) is 0.259. The van der Waals surface area contributed by atoms with E-state index < -0.39 is 0 Å². The zero-order valence-electron chi connectivity index (χ0n) is 18.3. The van der Waals surface area contributed by atoms with Crippen LogP contribution in [0.15, 0.2) is 72.8 Å². The highest BCUT2D eigenvalue weighted by molar-refractivity contribution is 6.30. The third-order valence-electron chi connectivity index (χ3n) is 5.09. The molecule has 0 atom stereocenters. The number of nitrogens with zero attached hydrogens (tertiary/aromatic N) is 1. The molecule has 2 nitrogen and oxygen atoms in total. The van der Waals surface area contributed by atoms with Gasteiger partial charge in [-0.25, -0.2) is 0 Å². The molecule has 0 N–H and O–H groups in total. The minimum atomic E-state index is 0.676. The smallest absolute Gasteiger partial charge is 0.119 e. The average molecular weight is 420 g/mol. The van der Waals surface area contributed by atoms with Crippen LogP contribution in [-0.2, 0) is 0 Å². The number of allylic oxidation sites excluding steroid dienone is 1. The molecule has 0 aliphatic rings. The van der Waals surface area contributed by atoms with E-state index in [-0.39, 0.29) is 0 Å². The Labute approximate surface area is 185 Å². The summed E-state index contributed by atoms with van der Waals surface area (Å²) in [4.78, 5) is 2.12. The molecule has 0 unspecified atom stereocenters. The second kappa shape index (κ2) is 10.5. The summed E-state index contributed by atoms with van der Waals surface area (Å²) in [6, 6.07) is 25.2. The summed E-state index contributed by atoms with van der Waals surface area (Å²) in [6.07, 6.45) is 0.907. The Morgan fingerprint density at radius 1 is 0.867 bits per heavy atom. The van der Waals surface area contributed by atoms with E-state index in [2.05, 4.69) is 79.4 Å². The van der Waals surface area contributed by atoms with E-state index >= 15 is 0 Å². The van der Waals surface area contributed by atoms with Gasteiger partial charge in [0.15, 0.2) is 0 Å². The van der Waals surface area contributed by atoms with E-state index in [1.54, 1.807) is 0 Å². The van der Waals surface area contributed by atoms with Crippen LogP contribution in [0.5, 0.6) is 5.75 Å². The van der Waals surface area contributed by atoms with Gasteiger partial charge in [-0.3, -0.25) is 0 Å². The van der Waals surface area contributed by atoms with Crippen molar-refractivity contribution in [1.29, 1.82) is 0 Å². The zero-order chi connectivity index (χ0) is 21.5. The Kier molecular flexibility index (Phi) is 7.73. The van der Waals surface area contributed by atoms with E-state index in [0.29, 0.717) is 6.61 Å². The molecule has 0 fully saturated rings. The third kappa shape index (κ3) is 5.75. The third-order valence-corrected chi connectivity index (χ3v) is 5.32. The van der Waals surface area contributed by atoms with Crippen LogP contribution >= 0.6 is 11.6 Å². The van der Waals surface area contributed by atoms with Crippen molar-refractivity contribution in [2.45, 2.75) is 20.3 Å². The van der Waals surface area contributed by atoms with Gasteiger partial charge in [-0.15, -0.1) is 0 Å². The number of hydrogen-bond donors (Lipinski definition) is 0. The summed E-state index contributed by atoms with van der Waals surface area (Å²) in [5.74, 6) is 0.894. The van der Waals surface area contributed by atoms with Gasteiger partial charge >= 0.3 is 0 Å². The van der Waals surface area contributed by atoms with Gasteiger partial charge in [0.1, 0.15) is 12.4 Å². The molecule has 0 aromatic heterocycles. The summed E-state index contributed by atoms with van der Waals surface area (Å²) in [7, 11) is 4.10. The normalized spacial score (nSPS) is 12.1. The first-order chi connectivity index (χ1) is 14.5. The number of hydrogen-bond acceptors (Lipinski definition) is 2. The lowest BCUT2D eigenvalue weighted by Gasteiger charge is -2.18. The molecule has 0 spiro atoms. The molecule has 0 saturated heterocycles. The fourth-order valence-electron chi connectivity index (χ4n) is 3.58. The Balaban J connectivity index is 2.06. The molecule has 3 heteroatoms. The minimum absolute atomic E-state index is 0.676. The second-order valence-electron chi connectivity index (χ2n) is 7.76. The molecule has 0 saturated carbocycles. The van der Waals surface area contributed by atoms with Gasteiger partial charge in [-0.1, -0.05) is 72.6 Å². The Bertz CT molecular complexity index is 1010.